The summed E-state index contributed by atoms with van der Waals surface area (Å²) in [5.41, 5.74) is 15.8. The van der Waals surface area contributed by atoms with Crippen molar-refractivity contribution in [3.8, 4) is 34.0 Å². The molecule has 0 bridgehead atoms. The van der Waals surface area contributed by atoms with Crippen molar-refractivity contribution in [3.63, 3.8) is 0 Å². The van der Waals surface area contributed by atoms with E-state index in [1.165, 1.54) is 32.7 Å². The Labute approximate surface area is 382 Å². The minimum absolute atomic E-state index is 0.578. The molecule has 0 atom stereocenters. The number of fused-ring (bicyclic) bond motifs is 4. The standard InChI is InChI=1S/C60H42N4O2/c1-39-11-7-17-47(35-39)63(55-21-9-15-43-13-3-5-19-51(43)55)49-31-33-53-57(37-49)65-59(61-53)45-27-23-41(24-28-45)42-25-29-46(30-26-42)60-62-54-34-32-50(38-58(54)66-60)64(48-18-8-12-40(2)36-48)56-22-10-16-44-14-4-6-20-52(44)56/h3-38H,1-2H3. The Morgan fingerprint density at radius 3 is 1.15 bits per heavy atom. The van der Waals surface area contributed by atoms with Crippen molar-refractivity contribution in [2.45, 2.75) is 13.8 Å². The van der Waals surface area contributed by atoms with Crippen LogP contribution >= 0.6 is 0 Å². The first-order valence-corrected chi connectivity index (χ1v) is 22.2. The Hall–Kier alpha value is -8.74. The normalized spacial score (nSPS) is 11.5. The minimum atomic E-state index is 0.578. The Balaban J connectivity index is 0.813. The molecule has 0 unspecified atom stereocenters. The van der Waals surface area contributed by atoms with E-state index in [4.69, 9.17) is 18.8 Å². The van der Waals surface area contributed by atoms with Gasteiger partial charge in [0.15, 0.2) is 11.2 Å². The third-order valence-corrected chi connectivity index (χ3v) is 12.4. The van der Waals surface area contributed by atoms with Crippen molar-refractivity contribution in [1.29, 1.82) is 0 Å². The average molecular weight is 851 g/mol. The van der Waals surface area contributed by atoms with Crippen molar-refractivity contribution >= 4 is 77.9 Å². The number of oxazole rings is 2. The van der Waals surface area contributed by atoms with Gasteiger partial charge >= 0.3 is 0 Å². The molecule has 2 aromatic heterocycles. The first kappa shape index (κ1) is 38.9. The lowest BCUT2D eigenvalue weighted by molar-refractivity contribution is 0.619. The highest BCUT2D eigenvalue weighted by atomic mass is 16.4. The number of aromatic nitrogens is 2. The van der Waals surface area contributed by atoms with Crippen LogP contribution in [0.4, 0.5) is 34.1 Å². The minimum Gasteiger partial charge on any atom is -0.436 e. The van der Waals surface area contributed by atoms with Crippen molar-refractivity contribution in [1.82, 2.24) is 9.97 Å². The summed E-state index contributed by atoms with van der Waals surface area (Å²) in [6.07, 6.45) is 0. The lowest BCUT2D eigenvalue weighted by atomic mass is 10.0. The van der Waals surface area contributed by atoms with Gasteiger partial charge in [-0.2, -0.15) is 0 Å². The van der Waals surface area contributed by atoms with Crippen LogP contribution in [0.1, 0.15) is 11.1 Å². The first-order chi connectivity index (χ1) is 32.5. The molecule has 2 heterocycles. The van der Waals surface area contributed by atoms with Gasteiger partial charge in [-0.05, 0) is 132 Å². The third-order valence-electron chi connectivity index (χ3n) is 12.4. The zero-order chi connectivity index (χ0) is 44.1. The van der Waals surface area contributed by atoms with Gasteiger partial charge in [-0.3, -0.25) is 0 Å². The maximum absolute atomic E-state index is 6.49. The number of benzene rings is 10. The highest BCUT2D eigenvalue weighted by molar-refractivity contribution is 6.01. The van der Waals surface area contributed by atoms with Gasteiger partial charge in [-0.25, -0.2) is 9.97 Å². The summed E-state index contributed by atoms with van der Waals surface area (Å²) in [5, 5.41) is 4.72. The van der Waals surface area contributed by atoms with Gasteiger partial charge in [0.25, 0.3) is 0 Å². The Kier molecular flexibility index (Phi) is 9.50. The molecule has 0 radical (unpaired) electrons. The number of hydrogen-bond donors (Lipinski definition) is 0. The molecule has 0 saturated heterocycles. The van der Waals surface area contributed by atoms with E-state index in [2.05, 4.69) is 230 Å². The van der Waals surface area contributed by atoms with Gasteiger partial charge in [0.05, 0.1) is 22.7 Å². The highest BCUT2D eigenvalue weighted by Gasteiger charge is 2.20. The number of nitrogens with zero attached hydrogens (tertiary/aromatic N) is 4. The largest absolute Gasteiger partial charge is 0.436 e. The molecular weight excluding hydrogens is 809 g/mol. The predicted octanol–water partition coefficient (Wildman–Crippen LogP) is 16.8. The summed E-state index contributed by atoms with van der Waals surface area (Å²) in [7, 11) is 0. The van der Waals surface area contributed by atoms with Gasteiger partial charge < -0.3 is 18.6 Å². The SMILES string of the molecule is Cc1cccc(N(c2ccc3nc(-c4ccc(-c5ccc(-c6nc7ccc(N(c8cccc(C)c8)c8cccc9ccccc89)cc7o6)cc5)cc4)oc3c2)c2cccc3ccccc23)c1. The fourth-order valence-electron chi connectivity index (χ4n) is 9.16. The molecule has 0 aliphatic rings. The topological polar surface area (TPSA) is 58.5 Å². The van der Waals surface area contributed by atoms with Gasteiger partial charge in [0, 0.05) is 45.4 Å². The van der Waals surface area contributed by atoms with Gasteiger partial charge in [-0.1, -0.05) is 121 Å². The van der Waals surface area contributed by atoms with Crippen LogP contribution in [0.3, 0.4) is 0 Å². The van der Waals surface area contributed by atoms with Crippen molar-refractivity contribution in [2.75, 3.05) is 9.80 Å². The molecule has 0 saturated carbocycles. The summed E-state index contributed by atoms with van der Waals surface area (Å²) in [5.74, 6) is 1.16. The second-order valence-electron chi connectivity index (χ2n) is 16.8. The van der Waals surface area contributed by atoms with E-state index < -0.39 is 0 Å². The van der Waals surface area contributed by atoms with E-state index in [-0.39, 0.29) is 0 Å². The van der Waals surface area contributed by atoms with Gasteiger partial charge in [-0.15, -0.1) is 0 Å². The Morgan fingerprint density at radius 2 is 0.712 bits per heavy atom. The zero-order valence-corrected chi connectivity index (χ0v) is 36.4. The molecular formula is C60H42N4O2. The molecule has 314 valence electrons. The van der Waals surface area contributed by atoms with Crippen molar-refractivity contribution in [3.05, 3.63) is 230 Å². The van der Waals surface area contributed by atoms with Crippen molar-refractivity contribution < 1.29 is 8.83 Å². The van der Waals surface area contributed by atoms with Crippen LogP contribution in [0.2, 0.25) is 0 Å². The Bertz CT molecular complexity index is 3500. The number of hydrogen-bond acceptors (Lipinski definition) is 6. The van der Waals surface area contributed by atoms with Crippen LogP contribution in [-0.4, -0.2) is 9.97 Å². The molecule has 12 rings (SSSR count). The average Bonchev–Trinajstić information content (AvgIpc) is 3.99. The van der Waals surface area contributed by atoms with E-state index in [1.54, 1.807) is 0 Å². The summed E-state index contributed by atoms with van der Waals surface area (Å²) >= 11 is 0. The zero-order valence-electron chi connectivity index (χ0n) is 36.4. The predicted molar refractivity (Wildman–Crippen MR) is 272 cm³/mol. The molecule has 0 amide bonds. The first-order valence-electron chi connectivity index (χ1n) is 22.2. The van der Waals surface area contributed by atoms with Crippen LogP contribution in [0.5, 0.6) is 0 Å². The van der Waals surface area contributed by atoms with Crippen molar-refractivity contribution in [2.24, 2.45) is 0 Å². The highest BCUT2D eigenvalue weighted by Crippen LogP contribution is 2.43. The maximum Gasteiger partial charge on any atom is 0.227 e. The van der Waals surface area contributed by atoms with Gasteiger partial charge in [0.1, 0.15) is 11.0 Å². The second-order valence-corrected chi connectivity index (χ2v) is 16.8. The quantitative estimate of drug-likeness (QED) is 0.144. The Morgan fingerprint density at radius 1 is 0.333 bits per heavy atom. The summed E-state index contributed by atoms with van der Waals surface area (Å²) < 4.78 is 13.0. The molecule has 66 heavy (non-hydrogen) atoms. The summed E-state index contributed by atoms with van der Waals surface area (Å²) in [4.78, 5) is 14.4. The molecule has 12 aromatic rings. The maximum atomic E-state index is 6.49. The molecule has 6 nitrogen and oxygen atoms in total. The van der Waals surface area contributed by atoms with Crippen LogP contribution in [0.25, 0.3) is 77.8 Å². The number of rotatable bonds is 9. The molecule has 0 fully saturated rings. The molecule has 0 N–H and O–H groups in total. The fourth-order valence-corrected chi connectivity index (χ4v) is 9.16. The van der Waals surface area contributed by atoms with E-state index in [9.17, 15) is 0 Å². The van der Waals surface area contributed by atoms with E-state index >= 15 is 0 Å². The van der Waals surface area contributed by atoms with Crippen LogP contribution in [0, 0.1) is 13.8 Å². The third kappa shape index (κ3) is 7.11. The summed E-state index contributed by atoms with van der Waals surface area (Å²) in [6.45, 7) is 4.25. The van der Waals surface area contributed by atoms with E-state index in [0.717, 1.165) is 78.6 Å². The van der Waals surface area contributed by atoms with E-state index in [1.807, 2.05) is 12.1 Å². The molecule has 0 spiro atoms. The fraction of sp³-hybridized carbons (Fsp3) is 0.0333. The molecule has 0 aliphatic heterocycles. The number of anilines is 6. The molecule has 0 aliphatic carbocycles. The summed E-state index contributed by atoms with van der Waals surface area (Å²) in [6, 6.07) is 76.4. The van der Waals surface area contributed by atoms with E-state index in [0.29, 0.717) is 11.8 Å². The van der Waals surface area contributed by atoms with Crippen LogP contribution in [-0.2, 0) is 0 Å². The monoisotopic (exact) mass is 850 g/mol. The van der Waals surface area contributed by atoms with Gasteiger partial charge in [0.2, 0.25) is 11.8 Å². The lowest BCUT2D eigenvalue weighted by Gasteiger charge is -2.27. The lowest BCUT2D eigenvalue weighted by Crippen LogP contribution is -2.10. The van der Waals surface area contributed by atoms with Crippen LogP contribution in [0.15, 0.2) is 227 Å². The number of aryl methyl sites for hydroxylation is 2. The molecule has 10 aromatic carbocycles. The second kappa shape index (κ2) is 16.1. The smallest absolute Gasteiger partial charge is 0.227 e. The molecule has 6 heteroatoms. The van der Waals surface area contributed by atoms with Crippen LogP contribution < -0.4 is 9.80 Å².